The number of nitrogens with zero attached hydrogens (tertiary/aromatic N) is 1. The molecule has 3 atom stereocenters. The number of rotatable bonds is 60. The van der Waals surface area contributed by atoms with Gasteiger partial charge in [-0.25, -0.2) is 0 Å². The SMILES string of the molecule is CC/C=C\C/C=C\C/C=C\C/C=C\C/C=C\CCCCCC(=O)OC(/C=C\CCCCCCCCCCC)C(COP(=O)([O-])OCC[N+](C)(C)C)NC(=O)CCCCCCCCCCCCC/C=C\C/C=C\C/C=C\C/C=C\CCCCC. The molecule has 0 aliphatic rings. The van der Waals surface area contributed by atoms with Crippen LogP contribution >= 0.6 is 7.82 Å². The number of ether oxygens (including phenoxy) is 1. The molecule has 9 nitrogen and oxygen atoms in total. The Morgan fingerprint density at radius 1 is 0.434 bits per heavy atom. The quantitative estimate of drug-likeness (QED) is 0.0212. The molecule has 0 aromatic rings. The zero-order valence-electron chi connectivity index (χ0n) is 54.4. The number of amides is 1. The molecule has 0 aromatic carbocycles. The number of allylic oxidation sites excluding steroid dienone is 19. The first-order chi connectivity index (χ1) is 40.4. The molecule has 0 fully saturated rings. The highest BCUT2D eigenvalue weighted by Gasteiger charge is 2.27. The molecule has 0 bridgehead atoms. The molecule has 0 rings (SSSR count). The molecule has 83 heavy (non-hydrogen) atoms. The predicted molar refractivity (Wildman–Crippen MR) is 357 cm³/mol. The van der Waals surface area contributed by atoms with Gasteiger partial charge in [-0.15, -0.1) is 0 Å². The van der Waals surface area contributed by atoms with Gasteiger partial charge in [0.15, 0.2) is 0 Å². The predicted octanol–water partition coefficient (Wildman–Crippen LogP) is 20.8. The van der Waals surface area contributed by atoms with Gasteiger partial charge in [-0.2, -0.15) is 0 Å². The summed E-state index contributed by atoms with van der Waals surface area (Å²) in [5.41, 5.74) is 0. The highest BCUT2D eigenvalue weighted by molar-refractivity contribution is 7.45. The molecule has 0 aliphatic heterocycles. The van der Waals surface area contributed by atoms with E-state index in [4.69, 9.17) is 13.8 Å². The van der Waals surface area contributed by atoms with Crippen LogP contribution in [0.3, 0.4) is 0 Å². The Hall–Kier alpha value is -3.59. The maximum absolute atomic E-state index is 13.6. The van der Waals surface area contributed by atoms with Crippen molar-refractivity contribution in [3.05, 3.63) is 122 Å². The minimum atomic E-state index is -4.72. The normalized spacial score (nSPS) is 14.3. The fourth-order valence-electron chi connectivity index (χ4n) is 9.18. The zero-order chi connectivity index (χ0) is 60.7. The standard InChI is InChI=1S/C73H127N2O7P/c1-7-10-13-16-19-22-25-27-29-31-33-34-35-36-37-38-39-40-42-43-45-47-50-53-56-59-62-65-72(76)74-70(69-81-83(78,79)80-68-67-75(4,5)6)71(64-61-58-55-52-49-24-21-18-15-12-9-3)82-73(77)66-63-60-57-54-51-48-46-44-41-32-30-28-26-23-20-17-14-11-8-2/h11,14,19-20,22-23,27-30,33-34,36-37,41,44,48,51,61,64,70-71H,7-10,12-13,15-18,21,24-26,31-32,35,38-40,42-43,45-47,49-50,52-60,62-63,65-69H2,1-6H3,(H-,74,76,78,79)/b14-11-,22-19-,23-20-,29-27-,30-28-,34-33-,37-36-,44-41-,51-48-,64-61-. The van der Waals surface area contributed by atoms with Crippen molar-refractivity contribution >= 4 is 19.7 Å². The lowest BCUT2D eigenvalue weighted by Crippen LogP contribution is -2.47. The van der Waals surface area contributed by atoms with E-state index in [-0.39, 0.29) is 24.9 Å². The van der Waals surface area contributed by atoms with E-state index in [0.717, 1.165) is 122 Å². The number of nitrogens with one attached hydrogen (secondary N) is 1. The number of esters is 1. The van der Waals surface area contributed by atoms with Crippen LogP contribution in [-0.2, 0) is 27.9 Å². The summed E-state index contributed by atoms with van der Waals surface area (Å²) < 4.78 is 30.3. The van der Waals surface area contributed by atoms with E-state index in [1.165, 1.54) is 116 Å². The van der Waals surface area contributed by atoms with Gasteiger partial charge in [0.1, 0.15) is 19.3 Å². The fourth-order valence-corrected chi connectivity index (χ4v) is 9.90. The number of likely N-dealkylation sites (N-methyl/N-ethyl adjacent to an activating group) is 1. The van der Waals surface area contributed by atoms with Crippen LogP contribution < -0.4 is 10.2 Å². The van der Waals surface area contributed by atoms with Crippen molar-refractivity contribution in [1.82, 2.24) is 5.32 Å². The Morgan fingerprint density at radius 3 is 1.19 bits per heavy atom. The summed E-state index contributed by atoms with van der Waals surface area (Å²) in [5, 5.41) is 3.02. The van der Waals surface area contributed by atoms with Gasteiger partial charge in [0.2, 0.25) is 5.91 Å². The lowest BCUT2D eigenvalue weighted by Gasteiger charge is -2.30. The second-order valence-corrected chi connectivity index (χ2v) is 25.0. The molecular formula is C73H127N2O7P. The topological polar surface area (TPSA) is 114 Å². The first-order valence-corrected chi connectivity index (χ1v) is 35.3. The Labute approximate surface area is 512 Å². The van der Waals surface area contributed by atoms with Crippen molar-refractivity contribution in [3.8, 4) is 0 Å². The third-order valence-corrected chi connectivity index (χ3v) is 15.3. The van der Waals surface area contributed by atoms with E-state index < -0.39 is 26.6 Å². The first-order valence-electron chi connectivity index (χ1n) is 33.8. The largest absolute Gasteiger partial charge is 0.756 e. The van der Waals surface area contributed by atoms with Crippen molar-refractivity contribution in [3.63, 3.8) is 0 Å². The van der Waals surface area contributed by atoms with Gasteiger partial charge in [0, 0.05) is 12.8 Å². The van der Waals surface area contributed by atoms with Crippen LogP contribution in [0, 0.1) is 0 Å². The van der Waals surface area contributed by atoms with Gasteiger partial charge in [0.25, 0.3) is 7.82 Å². The van der Waals surface area contributed by atoms with Crippen LogP contribution in [0.1, 0.15) is 278 Å². The first kappa shape index (κ1) is 79.4. The third-order valence-electron chi connectivity index (χ3n) is 14.4. The number of carbonyl (C=O) groups excluding carboxylic acids is 2. The van der Waals surface area contributed by atoms with Crippen LogP contribution in [0.2, 0.25) is 0 Å². The highest BCUT2D eigenvalue weighted by Crippen LogP contribution is 2.38. The number of hydrogen-bond acceptors (Lipinski definition) is 7. The average molecular weight is 1180 g/mol. The van der Waals surface area contributed by atoms with Crippen molar-refractivity contribution in [2.24, 2.45) is 0 Å². The van der Waals surface area contributed by atoms with Crippen molar-refractivity contribution in [1.29, 1.82) is 0 Å². The minimum absolute atomic E-state index is 0.0345. The second-order valence-electron chi connectivity index (χ2n) is 23.6. The molecule has 0 heterocycles. The van der Waals surface area contributed by atoms with Crippen molar-refractivity contribution < 1.29 is 37.3 Å². The zero-order valence-corrected chi connectivity index (χ0v) is 55.3. The molecular weight excluding hydrogens is 1050 g/mol. The number of phosphoric ester groups is 1. The number of carbonyl (C=O) groups is 2. The fraction of sp³-hybridized carbons (Fsp3) is 0.699. The van der Waals surface area contributed by atoms with E-state index in [2.05, 4.69) is 135 Å². The highest BCUT2D eigenvalue weighted by atomic mass is 31.2. The summed E-state index contributed by atoms with van der Waals surface area (Å²) in [4.78, 5) is 40.1. The molecule has 0 aliphatic carbocycles. The summed E-state index contributed by atoms with van der Waals surface area (Å²) in [7, 11) is 1.15. The summed E-state index contributed by atoms with van der Waals surface area (Å²) in [6.45, 7) is 6.67. The Bertz CT molecular complexity index is 1830. The molecule has 3 unspecified atom stereocenters. The monoisotopic (exact) mass is 1170 g/mol. The van der Waals surface area contributed by atoms with E-state index in [1.807, 2.05) is 33.3 Å². The Morgan fingerprint density at radius 2 is 0.771 bits per heavy atom. The van der Waals surface area contributed by atoms with E-state index in [9.17, 15) is 19.0 Å². The molecule has 476 valence electrons. The van der Waals surface area contributed by atoms with Gasteiger partial charge in [-0.3, -0.25) is 14.2 Å². The van der Waals surface area contributed by atoms with Gasteiger partial charge in [0.05, 0.1) is 33.8 Å². The maximum Gasteiger partial charge on any atom is 0.306 e. The summed E-state index contributed by atoms with van der Waals surface area (Å²) in [6, 6.07) is -0.912. The number of unbranched alkanes of at least 4 members (excludes halogenated alkanes) is 26. The molecule has 0 saturated heterocycles. The van der Waals surface area contributed by atoms with Crippen molar-refractivity contribution in [2.45, 2.75) is 290 Å². The van der Waals surface area contributed by atoms with Crippen LogP contribution in [0.15, 0.2) is 122 Å². The van der Waals surface area contributed by atoms with E-state index >= 15 is 0 Å². The summed E-state index contributed by atoms with van der Waals surface area (Å²) >= 11 is 0. The number of quaternary nitrogens is 1. The Balaban J connectivity index is 5.12. The summed E-state index contributed by atoms with van der Waals surface area (Å²) in [6.07, 6.45) is 86.0. The maximum atomic E-state index is 13.6. The van der Waals surface area contributed by atoms with Crippen LogP contribution in [0.5, 0.6) is 0 Å². The average Bonchev–Trinajstić information content (AvgIpc) is 3.51. The minimum Gasteiger partial charge on any atom is -0.756 e. The lowest BCUT2D eigenvalue weighted by atomic mass is 10.0. The summed E-state index contributed by atoms with van der Waals surface area (Å²) in [5.74, 6) is -0.587. The van der Waals surface area contributed by atoms with Gasteiger partial charge in [-0.05, 0) is 122 Å². The lowest BCUT2D eigenvalue weighted by molar-refractivity contribution is -0.870. The number of hydrogen-bond donors (Lipinski definition) is 1. The second kappa shape index (κ2) is 61.5. The molecule has 0 spiro atoms. The van der Waals surface area contributed by atoms with Crippen LogP contribution in [0.4, 0.5) is 0 Å². The molecule has 0 saturated carbocycles. The van der Waals surface area contributed by atoms with Gasteiger partial charge >= 0.3 is 5.97 Å². The third kappa shape index (κ3) is 62.8. The van der Waals surface area contributed by atoms with Crippen molar-refractivity contribution in [2.75, 3.05) is 40.9 Å². The number of phosphoric acid groups is 1. The van der Waals surface area contributed by atoms with Crippen LogP contribution in [0.25, 0.3) is 0 Å². The van der Waals surface area contributed by atoms with Gasteiger partial charge in [-0.1, -0.05) is 265 Å². The smallest absolute Gasteiger partial charge is 0.306 e. The molecule has 0 radical (unpaired) electrons. The Kier molecular flexibility index (Phi) is 58.8. The molecule has 1 N–H and O–H groups in total. The van der Waals surface area contributed by atoms with Gasteiger partial charge < -0.3 is 28.5 Å². The molecule has 1 amide bonds. The molecule has 10 heteroatoms. The van der Waals surface area contributed by atoms with E-state index in [0.29, 0.717) is 23.9 Å². The van der Waals surface area contributed by atoms with E-state index in [1.54, 1.807) is 0 Å². The molecule has 0 aromatic heterocycles. The van der Waals surface area contributed by atoms with Crippen LogP contribution in [-0.4, -0.2) is 69.4 Å².